The van der Waals surface area contributed by atoms with Crippen LogP contribution in [-0.2, 0) is 21.4 Å². The number of sulfonamides is 1. The van der Waals surface area contributed by atoms with Crippen molar-refractivity contribution >= 4 is 31.9 Å². The zero-order chi connectivity index (χ0) is 19.9. The molecule has 0 heterocycles. The molecule has 0 bridgehead atoms. The van der Waals surface area contributed by atoms with Crippen LogP contribution >= 0.6 is 15.9 Å². The van der Waals surface area contributed by atoms with Gasteiger partial charge in [-0.3, -0.25) is 4.79 Å². The minimum absolute atomic E-state index is 0.0106. The molecule has 146 valence electrons. The number of nitrogens with one attached hydrogen (secondary N) is 1. The maximum Gasteiger partial charge on any atom is 0.243 e. The van der Waals surface area contributed by atoms with Crippen molar-refractivity contribution in [2.45, 2.75) is 44.2 Å². The maximum atomic E-state index is 13.1. The predicted molar refractivity (Wildman–Crippen MR) is 111 cm³/mol. The van der Waals surface area contributed by atoms with Gasteiger partial charge in [-0.1, -0.05) is 59.6 Å². The monoisotopic (exact) mass is 452 g/mol. The molecule has 1 N–H and O–H groups in total. The molecular formula is C20H25BrN2O3S. The second kappa shape index (κ2) is 10.0. The molecule has 0 unspecified atom stereocenters. The molecule has 0 saturated heterocycles. The van der Waals surface area contributed by atoms with E-state index >= 15 is 0 Å². The third-order valence-electron chi connectivity index (χ3n) is 4.10. The van der Waals surface area contributed by atoms with E-state index in [1.807, 2.05) is 38.1 Å². The van der Waals surface area contributed by atoms with Crippen molar-refractivity contribution in [3.05, 3.63) is 64.6 Å². The Morgan fingerprint density at radius 3 is 2.33 bits per heavy atom. The second-order valence-electron chi connectivity index (χ2n) is 6.47. The van der Waals surface area contributed by atoms with Gasteiger partial charge in [0.25, 0.3) is 0 Å². The summed E-state index contributed by atoms with van der Waals surface area (Å²) in [6.07, 6.45) is 1.80. The summed E-state index contributed by atoms with van der Waals surface area (Å²) in [6, 6.07) is 15.6. The molecule has 2 rings (SSSR count). The number of benzene rings is 2. The van der Waals surface area contributed by atoms with Crippen molar-refractivity contribution in [1.82, 2.24) is 9.62 Å². The van der Waals surface area contributed by atoms with Crippen LogP contribution in [-0.4, -0.2) is 31.2 Å². The molecule has 5 nitrogen and oxygen atoms in total. The number of hydrogen-bond acceptors (Lipinski definition) is 3. The first kappa shape index (κ1) is 21.6. The summed E-state index contributed by atoms with van der Waals surface area (Å²) in [6.45, 7) is 3.87. The van der Waals surface area contributed by atoms with Crippen LogP contribution in [0.4, 0.5) is 0 Å². The zero-order valence-electron chi connectivity index (χ0n) is 15.6. The van der Waals surface area contributed by atoms with Crippen molar-refractivity contribution < 1.29 is 13.2 Å². The van der Waals surface area contributed by atoms with Crippen LogP contribution in [0.2, 0.25) is 0 Å². The molecule has 2 aromatic rings. The minimum atomic E-state index is -3.79. The summed E-state index contributed by atoms with van der Waals surface area (Å²) in [7, 11) is -3.79. The summed E-state index contributed by atoms with van der Waals surface area (Å²) in [5.41, 5.74) is 0.812. The lowest BCUT2D eigenvalue weighted by Gasteiger charge is -2.23. The third kappa shape index (κ3) is 6.45. The van der Waals surface area contributed by atoms with E-state index in [-0.39, 0.29) is 29.9 Å². The van der Waals surface area contributed by atoms with Gasteiger partial charge in [0.15, 0.2) is 0 Å². The highest BCUT2D eigenvalue weighted by molar-refractivity contribution is 9.10. The van der Waals surface area contributed by atoms with Gasteiger partial charge in [-0.05, 0) is 43.2 Å². The average Bonchev–Trinajstić information content (AvgIpc) is 2.63. The van der Waals surface area contributed by atoms with Crippen LogP contribution < -0.4 is 5.32 Å². The number of hydrogen-bond donors (Lipinski definition) is 1. The van der Waals surface area contributed by atoms with E-state index in [2.05, 4.69) is 21.2 Å². The highest BCUT2D eigenvalue weighted by atomic mass is 79.9. The Labute approximate surface area is 170 Å². The largest absolute Gasteiger partial charge is 0.353 e. The van der Waals surface area contributed by atoms with Crippen LogP contribution in [0, 0.1) is 0 Å². The second-order valence-corrected chi connectivity index (χ2v) is 9.32. The van der Waals surface area contributed by atoms with Gasteiger partial charge in [-0.25, -0.2) is 8.42 Å². The molecule has 0 spiro atoms. The molecule has 2 aromatic carbocycles. The van der Waals surface area contributed by atoms with Crippen molar-refractivity contribution in [3.63, 3.8) is 0 Å². The lowest BCUT2D eigenvalue weighted by atomic mass is 10.2. The average molecular weight is 453 g/mol. The van der Waals surface area contributed by atoms with E-state index in [0.717, 1.165) is 22.9 Å². The topological polar surface area (TPSA) is 66.5 Å². The highest BCUT2D eigenvalue weighted by Gasteiger charge is 2.27. The first-order chi connectivity index (χ1) is 12.8. The van der Waals surface area contributed by atoms with E-state index in [1.54, 1.807) is 30.3 Å². The van der Waals surface area contributed by atoms with Gasteiger partial charge in [0.1, 0.15) is 0 Å². The SMILES string of the molecule is CCC[C@@H](C)NC(=O)CN(Cc1ccc(Br)cc1)S(=O)(=O)c1ccccc1. The Hall–Kier alpha value is -1.70. The molecule has 0 fully saturated rings. The summed E-state index contributed by atoms with van der Waals surface area (Å²) in [4.78, 5) is 12.6. The fraction of sp³-hybridized carbons (Fsp3) is 0.350. The van der Waals surface area contributed by atoms with Gasteiger partial charge >= 0.3 is 0 Å². The standard InChI is InChI=1S/C20H25BrN2O3S/c1-3-7-16(2)22-20(24)15-23(14-17-10-12-18(21)13-11-17)27(25,26)19-8-5-4-6-9-19/h4-6,8-13,16H,3,7,14-15H2,1-2H3,(H,22,24)/t16-/m1/s1. The number of amides is 1. The molecule has 27 heavy (non-hydrogen) atoms. The summed E-state index contributed by atoms with van der Waals surface area (Å²) < 4.78 is 28.3. The van der Waals surface area contributed by atoms with Gasteiger partial charge in [0, 0.05) is 17.1 Å². The number of halogens is 1. The first-order valence-corrected chi connectivity index (χ1v) is 11.1. The van der Waals surface area contributed by atoms with E-state index in [1.165, 1.54) is 4.31 Å². The van der Waals surface area contributed by atoms with Crippen molar-refractivity contribution in [2.75, 3.05) is 6.54 Å². The Bertz CT molecular complexity index is 839. The van der Waals surface area contributed by atoms with Crippen molar-refractivity contribution in [2.24, 2.45) is 0 Å². The van der Waals surface area contributed by atoms with Crippen molar-refractivity contribution in [1.29, 1.82) is 0 Å². The molecule has 0 aliphatic carbocycles. The van der Waals surface area contributed by atoms with Crippen LogP contribution in [0.1, 0.15) is 32.3 Å². The Morgan fingerprint density at radius 1 is 1.11 bits per heavy atom. The predicted octanol–water partition coefficient (Wildman–Crippen LogP) is 3.94. The van der Waals surface area contributed by atoms with Crippen molar-refractivity contribution in [3.8, 4) is 0 Å². The van der Waals surface area contributed by atoms with E-state index in [9.17, 15) is 13.2 Å². The molecule has 7 heteroatoms. The van der Waals surface area contributed by atoms with Gasteiger partial charge in [0.05, 0.1) is 11.4 Å². The van der Waals surface area contributed by atoms with E-state index in [0.29, 0.717) is 0 Å². The molecule has 0 saturated carbocycles. The molecule has 1 amide bonds. The van der Waals surface area contributed by atoms with Crippen LogP contribution in [0.25, 0.3) is 0 Å². The molecular weight excluding hydrogens is 428 g/mol. The first-order valence-electron chi connectivity index (χ1n) is 8.92. The smallest absolute Gasteiger partial charge is 0.243 e. The normalized spacial score (nSPS) is 12.7. The third-order valence-corrected chi connectivity index (χ3v) is 6.44. The number of nitrogens with zero attached hydrogens (tertiary/aromatic N) is 1. The summed E-state index contributed by atoms with van der Waals surface area (Å²) in [5, 5.41) is 2.88. The van der Waals surface area contributed by atoms with Crippen LogP contribution in [0.15, 0.2) is 64.0 Å². The number of carbonyl (C=O) groups excluding carboxylic acids is 1. The highest BCUT2D eigenvalue weighted by Crippen LogP contribution is 2.19. The Kier molecular flexibility index (Phi) is 8.01. The van der Waals surface area contributed by atoms with E-state index < -0.39 is 10.0 Å². The minimum Gasteiger partial charge on any atom is -0.353 e. The van der Waals surface area contributed by atoms with Gasteiger partial charge in [-0.15, -0.1) is 0 Å². The number of carbonyl (C=O) groups is 1. The summed E-state index contributed by atoms with van der Waals surface area (Å²) in [5.74, 6) is -0.299. The van der Waals surface area contributed by atoms with Crippen LogP contribution in [0.3, 0.4) is 0 Å². The Morgan fingerprint density at radius 2 is 1.74 bits per heavy atom. The molecule has 0 aliphatic rings. The van der Waals surface area contributed by atoms with Gasteiger partial charge in [-0.2, -0.15) is 4.31 Å². The van der Waals surface area contributed by atoms with Gasteiger partial charge in [0.2, 0.25) is 15.9 Å². The molecule has 0 aromatic heterocycles. The summed E-state index contributed by atoms with van der Waals surface area (Å²) >= 11 is 3.37. The lowest BCUT2D eigenvalue weighted by Crippen LogP contribution is -2.43. The van der Waals surface area contributed by atoms with E-state index in [4.69, 9.17) is 0 Å². The molecule has 0 aliphatic heterocycles. The zero-order valence-corrected chi connectivity index (χ0v) is 18.0. The number of rotatable bonds is 9. The fourth-order valence-electron chi connectivity index (χ4n) is 2.75. The Balaban J connectivity index is 2.25. The van der Waals surface area contributed by atoms with Crippen LogP contribution in [0.5, 0.6) is 0 Å². The lowest BCUT2D eigenvalue weighted by molar-refractivity contribution is -0.122. The van der Waals surface area contributed by atoms with Gasteiger partial charge < -0.3 is 5.32 Å². The molecule has 0 radical (unpaired) electrons. The quantitative estimate of drug-likeness (QED) is 0.626. The fourth-order valence-corrected chi connectivity index (χ4v) is 4.42. The molecule has 1 atom stereocenters. The maximum absolute atomic E-state index is 13.1.